The van der Waals surface area contributed by atoms with E-state index in [0.29, 0.717) is 0 Å². The summed E-state index contributed by atoms with van der Waals surface area (Å²) in [5.74, 6) is 0. The van der Waals surface area contributed by atoms with Gasteiger partial charge in [-0.15, -0.1) is 0 Å². The molecule has 0 fully saturated rings. The summed E-state index contributed by atoms with van der Waals surface area (Å²) in [6.45, 7) is 4.46. The van der Waals surface area contributed by atoms with E-state index in [-0.39, 0.29) is 0 Å². The van der Waals surface area contributed by atoms with Crippen LogP contribution >= 0.6 is 0 Å². The Morgan fingerprint density at radius 1 is 0.650 bits per heavy atom. The highest BCUT2D eigenvalue weighted by atomic mass is 14.1. The van der Waals surface area contributed by atoms with Crippen molar-refractivity contribution in [2.24, 2.45) is 0 Å². The molecule has 0 saturated heterocycles. The van der Waals surface area contributed by atoms with Crippen LogP contribution in [0.25, 0.3) is 32.3 Å². The molecule has 4 aromatic rings. The first-order chi connectivity index (χ1) is 9.81. The second-order valence-electron chi connectivity index (χ2n) is 5.63. The summed E-state index contributed by atoms with van der Waals surface area (Å²) in [5, 5.41) is 8.43. The van der Waals surface area contributed by atoms with E-state index in [1.807, 2.05) is 0 Å². The maximum Gasteiger partial charge on any atom is -0.00240 e. The molecular formula is C20H18. The molecule has 0 heterocycles. The Morgan fingerprint density at radius 3 is 2.00 bits per heavy atom. The summed E-state index contributed by atoms with van der Waals surface area (Å²) in [5.41, 5.74) is 2.87. The molecule has 0 spiro atoms. The fraction of sp³-hybridized carbons (Fsp3) is 0.200. The second kappa shape index (κ2) is 4.21. The van der Waals surface area contributed by atoms with Gasteiger partial charge in [-0.3, -0.25) is 0 Å². The van der Waals surface area contributed by atoms with Crippen LogP contribution in [0.1, 0.15) is 25.0 Å². The van der Waals surface area contributed by atoms with Gasteiger partial charge in [0.15, 0.2) is 0 Å². The Kier molecular flexibility index (Phi) is 2.47. The molecular weight excluding hydrogens is 240 g/mol. The van der Waals surface area contributed by atoms with Crippen LogP contribution in [-0.4, -0.2) is 0 Å². The van der Waals surface area contributed by atoms with Crippen molar-refractivity contribution < 1.29 is 0 Å². The molecule has 0 unspecified atom stereocenters. The number of hydrogen-bond donors (Lipinski definition) is 0. The van der Waals surface area contributed by atoms with Crippen LogP contribution in [0.4, 0.5) is 0 Å². The quantitative estimate of drug-likeness (QED) is 0.404. The van der Waals surface area contributed by atoms with E-state index in [4.69, 9.17) is 0 Å². The topological polar surface area (TPSA) is 0 Å². The third kappa shape index (κ3) is 1.48. The van der Waals surface area contributed by atoms with Crippen molar-refractivity contribution in [3.8, 4) is 0 Å². The lowest BCUT2D eigenvalue weighted by Gasteiger charge is -2.14. The summed E-state index contributed by atoms with van der Waals surface area (Å²) >= 11 is 0. The van der Waals surface area contributed by atoms with Gasteiger partial charge in [-0.2, -0.15) is 0 Å². The summed E-state index contributed by atoms with van der Waals surface area (Å²) < 4.78 is 0. The third-order valence-electron chi connectivity index (χ3n) is 4.54. The van der Waals surface area contributed by atoms with E-state index >= 15 is 0 Å². The van der Waals surface area contributed by atoms with Crippen molar-refractivity contribution in [3.05, 3.63) is 59.7 Å². The van der Waals surface area contributed by atoms with Crippen LogP contribution in [0.3, 0.4) is 0 Å². The molecule has 0 heteroatoms. The van der Waals surface area contributed by atoms with Gasteiger partial charge in [0.25, 0.3) is 0 Å². The first kappa shape index (κ1) is 11.7. The van der Waals surface area contributed by atoms with Crippen molar-refractivity contribution in [3.63, 3.8) is 0 Å². The maximum atomic E-state index is 2.35. The molecule has 0 aliphatic carbocycles. The van der Waals surface area contributed by atoms with Crippen LogP contribution in [0.15, 0.2) is 48.5 Å². The Hall–Kier alpha value is -2.08. The number of benzene rings is 4. The molecule has 0 aliphatic rings. The summed E-state index contributed by atoms with van der Waals surface area (Å²) in [6.07, 6.45) is 2.19. The fourth-order valence-electron chi connectivity index (χ4n) is 3.46. The SMILES string of the molecule is CCc1cc2ccc3ccc(CC)c4ccc(c1)c2c34. The minimum absolute atomic E-state index is 1.09. The zero-order chi connectivity index (χ0) is 13.7. The van der Waals surface area contributed by atoms with Crippen LogP contribution in [-0.2, 0) is 12.8 Å². The summed E-state index contributed by atoms with van der Waals surface area (Å²) in [4.78, 5) is 0. The van der Waals surface area contributed by atoms with E-state index in [9.17, 15) is 0 Å². The average molecular weight is 258 g/mol. The van der Waals surface area contributed by atoms with Gasteiger partial charge in [-0.25, -0.2) is 0 Å². The van der Waals surface area contributed by atoms with Gasteiger partial charge in [0.2, 0.25) is 0 Å². The summed E-state index contributed by atoms with van der Waals surface area (Å²) in [7, 11) is 0. The second-order valence-corrected chi connectivity index (χ2v) is 5.63. The Morgan fingerprint density at radius 2 is 1.30 bits per heavy atom. The monoisotopic (exact) mass is 258 g/mol. The van der Waals surface area contributed by atoms with Crippen molar-refractivity contribution in [2.45, 2.75) is 26.7 Å². The average Bonchev–Trinajstić information content (AvgIpc) is 2.51. The first-order valence-corrected chi connectivity index (χ1v) is 7.51. The fourth-order valence-corrected chi connectivity index (χ4v) is 3.46. The highest BCUT2D eigenvalue weighted by molar-refractivity contribution is 6.23. The van der Waals surface area contributed by atoms with Gasteiger partial charge in [0.1, 0.15) is 0 Å². The van der Waals surface area contributed by atoms with E-state index in [0.717, 1.165) is 12.8 Å². The smallest absolute Gasteiger partial charge is 0.00240 e. The van der Waals surface area contributed by atoms with Gasteiger partial charge in [-0.05, 0) is 56.3 Å². The van der Waals surface area contributed by atoms with Crippen molar-refractivity contribution in [2.75, 3.05) is 0 Å². The van der Waals surface area contributed by atoms with Crippen LogP contribution < -0.4 is 0 Å². The zero-order valence-corrected chi connectivity index (χ0v) is 12.0. The molecule has 0 bridgehead atoms. The normalized spacial score (nSPS) is 11.9. The standard InChI is InChI=1S/C20H18/c1-3-13-11-16-8-7-15-6-5-14(4-2)18-10-9-17(12-13)19(16)20(15)18/h5-12H,3-4H2,1-2H3. The Labute approximate surface area is 119 Å². The van der Waals surface area contributed by atoms with Crippen molar-refractivity contribution in [1.82, 2.24) is 0 Å². The molecule has 4 rings (SSSR count). The van der Waals surface area contributed by atoms with Gasteiger partial charge in [-0.1, -0.05) is 62.4 Å². The summed E-state index contributed by atoms with van der Waals surface area (Å²) in [6, 6.07) is 18.4. The van der Waals surface area contributed by atoms with Gasteiger partial charge >= 0.3 is 0 Å². The Balaban J connectivity index is 2.29. The molecule has 4 aromatic carbocycles. The third-order valence-corrected chi connectivity index (χ3v) is 4.54. The molecule has 0 atom stereocenters. The van der Waals surface area contributed by atoms with E-state index < -0.39 is 0 Å². The molecule has 20 heavy (non-hydrogen) atoms. The van der Waals surface area contributed by atoms with E-state index in [1.165, 1.54) is 43.4 Å². The predicted molar refractivity (Wildman–Crippen MR) is 88.9 cm³/mol. The number of aryl methyl sites for hydroxylation is 2. The van der Waals surface area contributed by atoms with Crippen LogP contribution in [0.5, 0.6) is 0 Å². The number of hydrogen-bond acceptors (Lipinski definition) is 0. The minimum atomic E-state index is 1.09. The molecule has 0 aromatic heterocycles. The van der Waals surface area contributed by atoms with Crippen molar-refractivity contribution in [1.29, 1.82) is 0 Å². The van der Waals surface area contributed by atoms with E-state index in [2.05, 4.69) is 62.4 Å². The highest BCUT2D eigenvalue weighted by Gasteiger charge is 2.10. The molecule has 0 aliphatic heterocycles. The lowest BCUT2D eigenvalue weighted by molar-refractivity contribution is 1.15. The molecule has 0 radical (unpaired) electrons. The highest BCUT2D eigenvalue weighted by Crippen LogP contribution is 2.36. The first-order valence-electron chi connectivity index (χ1n) is 7.51. The largest absolute Gasteiger partial charge is 0.0613 e. The lowest BCUT2D eigenvalue weighted by atomic mass is 9.90. The number of rotatable bonds is 2. The zero-order valence-electron chi connectivity index (χ0n) is 12.0. The van der Waals surface area contributed by atoms with Gasteiger partial charge < -0.3 is 0 Å². The maximum absolute atomic E-state index is 2.35. The Bertz CT molecular complexity index is 897. The van der Waals surface area contributed by atoms with Crippen LogP contribution in [0.2, 0.25) is 0 Å². The predicted octanol–water partition coefficient (Wildman–Crippen LogP) is 5.71. The lowest BCUT2D eigenvalue weighted by Crippen LogP contribution is -1.90. The molecule has 0 nitrogen and oxygen atoms in total. The van der Waals surface area contributed by atoms with Gasteiger partial charge in [0.05, 0.1) is 0 Å². The molecule has 0 N–H and O–H groups in total. The van der Waals surface area contributed by atoms with Crippen LogP contribution in [0, 0.1) is 0 Å². The molecule has 0 saturated carbocycles. The minimum Gasteiger partial charge on any atom is -0.0613 e. The van der Waals surface area contributed by atoms with Crippen molar-refractivity contribution >= 4 is 32.3 Å². The molecule has 98 valence electrons. The molecule has 0 amide bonds. The van der Waals surface area contributed by atoms with Gasteiger partial charge in [0, 0.05) is 0 Å². The van der Waals surface area contributed by atoms with E-state index in [1.54, 1.807) is 0 Å².